The molecule has 0 aliphatic heterocycles. The number of carboxylic acids is 1. The Morgan fingerprint density at radius 2 is 2.05 bits per heavy atom. The number of carboxylic acid groups (broad SMARTS) is 1. The number of thiophene rings is 1. The molecule has 0 radical (unpaired) electrons. The lowest BCUT2D eigenvalue weighted by atomic mass is 10.0. The molecule has 0 saturated heterocycles. The van der Waals surface area contributed by atoms with Gasteiger partial charge in [0.1, 0.15) is 4.21 Å². The third-order valence-electron chi connectivity index (χ3n) is 2.49. The molecule has 1 atom stereocenters. The van der Waals surface area contributed by atoms with Crippen molar-refractivity contribution in [2.75, 3.05) is 6.54 Å². The van der Waals surface area contributed by atoms with Gasteiger partial charge in [-0.15, -0.1) is 11.3 Å². The van der Waals surface area contributed by atoms with E-state index in [-0.39, 0.29) is 8.55 Å². The van der Waals surface area contributed by atoms with Crippen LogP contribution in [0.1, 0.15) is 12.8 Å². The van der Waals surface area contributed by atoms with Crippen LogP contribution in [0.3, 0.4) is 0 Å². The monoisotopic (exact) mass is 364 g/mol. The highest BCUT2D eigenvalue weighted by atomic mass is 35.5. The van der Waals surface area contributed by atoms with Crippen molar-refractivity contribution < 1.29 is 31.5 Å². The van der Waals surface area contributed by atoms with Gasteiger partial charge in [0.15, 0.2) is 0 Å². The highest BCUT2D eigenvalue weighted by molar-refractivity contribution is 7.91. The summed E-state index contributed by atoms with van der Waals surface area (Å²) in [7, 11) is -4.11. The van der Waals surface area contributed by atoms with E-state index in [1.165, 1.54) is 12.1 Å². The Bertz CT molecular complexity index is 600. The SMILES string of the molecule is O=C([O-])CC[C@@H](CNS(=O)(=O)c1ccc(Cl)s1)C(F)(F)F. The number of hydrogen-bond donors (Lipinski definition) is 1. The maximum absolute atomic E-state index is 12.7. The summed E-state index contributed by atoms with van der Waals surface area (Å²) in [5.41, 5.74) is 0. The van der Waals surface area contributed by atoms with Crippen molar-refractivity contribution in [2.45, 2.75) is 23.2 Å². The van der Waals surface area contributed by atoms with Crippen molar-refractivity contribution in [3.63, 3.8) is 0 Å². The van der Waals surface area contributed by atoms with Crippen LogP contribution in [0.2, 0.25) is 4.34 Å². The molecule has 0 aliphatic rings. The quantitative estimate of drug-likeness (QED) is 0.792. The number of hydrogen-bond acceptors (Lipinski definition) is 5. The predicted molar refractivity (Wildman–Crippen MR) is 68.3 cm³/mol. The molecule has 1 aromatic rings. The number of aliphatic carboxylic acids is 1. The van der Waals surface area contributed by atoms with Crippen molar-refractivity contribution >= 4 is 38.9 Å². The molecule has 0 spiro atoms. The maximum atomic E-state index is 12.7. The lowest BCUT2D eigenvalue weighted by Gasteiger charge is -2.20. The van der Waals surface area contributed by atoms with Crippen molar-refractivity contribution in [3.8, 4) is 0 Å². The second-order valence-electron chi connectivity index (χ2n) is 4.06. The summed E-state index contributed by atoms with van der Waals surface area (Å²) >= 11 is 6.26. The molecule has 1 heterocycles. The van der Waals surface area contributed by atoms with Crippen LogP contribution in [-0.2, 0) is 14.8 Å². The van der Waals surface area contributed by atoms with E-state index in [0.29, 0.717) is 11.3 Å². The highest BCUT2D eigenvalue weighted by Crippen LogP contribution is 2.30. The van der Waals surface area contributed by atoms with E-state index in [4.69, 9.17) is 11.6 Å². The van der Waals surface area contributed by atoms with Gasteiger partial charge in [-0.3, -0.25) is 0 Å². The minimum Gasteiger partial charge on any atom is -0.550 e. The average Bonchev–Trinajstić information content (AvgIpc) is 2.74. The van der Waals surface area contributed by atoms with Gasteiger partial charge in [-0.2, -0.15) is 13.2 Å². The summed E-state index contributed by atoms with van der Waals surface area (Å²) in [6, 6.07) is 2.47. The largest absolute Gasteiger partial charge is 0.550 e. The van der Waals surface area contributed by atoms with Gasteiger partial charge in [-0.25, -0.2) is 13.1 Å². The Labute approximate surface area is 127 Å². The van der Waals surface area contributed by atoms with Crippen molar-refractivity contribution in [3.05, 3.63) is 16.5 Å². The fourth-order valence-electron chi connectivity index (χ4n) is 1.40. The molecule has 0 aromatic carbocycles. The zero-order chi connectivity index (χ0) is 16.3. The first kappa shape index (κ1) is 18.2. The van der Waals surface area contributed by atoms with Gasteiger partial charge < -0.3 is 9.90 Å². The number of alkyl halides is 3. The van der Waals surface area contributed by atoms with Gasteiger partial charge in [0.2, 0.25) is 10.0 Å². The van der Waals surface area contributed by atoms with Crippen LogP contribution in [0.25, 0.3) is 0 Å². The van der Waals surface area contributed by atoms with Gasteiger partial charge in [-0.05, 0) is 25.0 Å². The van der Waals surface area contributed by atoms with Gasteiger partial charge in [0.05, 0.1) is 10.3 Å². The predicted octanol–water partition coefficient (Wildman–Crippen LogP) is 1.39. The first-order valence-electron chi connectivity index (χ1n) is 5.54. The summed E-state index contributed by atoms with van der Waals surface area (Å²) in [5, 5.41) is 10.2. The number of carbonyl (C=O) groups excluding carboxylic acids is 1. The van der Waals surface area contributed by atoms with Gasteiger partial charge in [-0.1, -0.05) is 11.6 Å². The Morgan fingerprint density at radius 1 is 1.43 bits per heavy atom. The van der Waals surface area contributed by atoms with E-state index in [2.05, 4.69) is 0 Å². The second-order valence-corrected chi connectivity index (χ2v) is 7.77. The number of halogens is 4. The minimum absolute atomic E-state index is 0.180. The van der Waals surface area contributed by atoms with Crippen LogP contribution in [0.5, 0.6) is 0 Å². The molecule has 11 heteroatoms. The summed E-state index contributed by atoms with van der Waals surface area (Å²) < 4.78 is 63.4. The molecular formula is C10H10ClF3NO4S2-. The molecule has 120 valence electrons. The number of rotatable bonds is 7. The van der Waals surface area contributed by atoms with Crippen LogP contribution < -0.4 is 9.83 Å². The standard InChI is InChI=1S/C10H11ClF3NO4S2/c11-7-2-4-9(20-7)21(18,19)15-5-6(10(12,13)14)1-3-8(16)17/h2,4,6,15H,1,3,5H2,(H,16,17)/p-1/t6-/m0/s1. The number of sulfonamides is 1. The van der Waals surface area contributed by atoms with Crippen molar-refractivity contribution in [2.24, 2.45) is 5.92 Å². The highest BCUT2D eigenvalue weighted by Gasteiger charge is 2.39. The number of carbonyl (C=O) groups is 1. The molecule has 0 fully saturated rings. The fraction of sp³-hybridized carbons (Fsp3) is 0.500. The summed E-state index contributed by atoms with van der Waals surface area (Å²) in [5.74, 6) is -3.74. The molecule has 21 heavy (non-hydrogen) atoms. The van der Waals surface area contributed by atoms with E-state index >= 15 is 0 Å². The molecule has 1 N–H and O–H groups in total. The molecule has 1 rings (SSSR count). The molecule has 0 amide bonds. The average molecular weight is 365 g/mol. The smallest absolute Gasteiger partial charge is 0.393 e. The molecule has 5 nitrogen and oxygen atoms in total. The minimum atomic E-state index is -4.72. The third-order valence-corrected chi connectivity index (χ3v) is 5.64. The first-order chi connectivity index (χ1) is 9.52. The van der Waals surface area contributed by atoms with Crippen LogP contribution >= 0.6 is 22.9 Å². The second kappa shape index (κ2) is 6.95. The first-order valence-corrected chi connectivity index (χ1v) is 8.21. The van der Waals surface area contributed by atoms with Gasteiger partial charge >= 0.3 is 6.18 Å². The van der Waals surface area contributed by atoms with E-state index in [9.17, 15) is 31.5 Å². The zero-order valence-electron chi connectivity index (χ0n) is 10.3. The van der Waals surface area contributed by atoms with E-state index in [1.807, 2.05) is 4.72 Å². The maximum Gasteiger partial charge on any atom is 0.393 e. The summed E-state index contributed by atoms with van der Waals surface area (Å²) in [6.45, 7) is -0.950. The number of nitrogens with one attached hydrogen (secondary N) is 1. The van der Waals surface area contributed by atoms with Crippen LogP contribution in [0.15, 0.2) is 16.3 Å². The van der Waals surface area contributed by atoms with E-state index < -0.39 is 47.5 Å². The Morgan fingerprint density at radius 3 is 2.48 bits per heavy atom. The van der Waals surface area contributed by atoms with Crippen molar-refractivity contribution in [1.29, 1.82) is 0 Å². The summed E-state index contributed by atoms with van der Waals surface area (Å²) in [6.07, 6.45) is -6.29. The normalized spacial score (nSPS) is 14.1. The molecule has 1 aromatic heterocycles. The topological polar surface area (TPSA) is 86.3 Å². The third kappa shape index (κ3) is 5.81. The van der Waals surface area contributed by atoms with Crippen LogP contribution in [0.4, 0.5) is 13.2 Å². The van der Waals surface area contributed by atoms with Crippen LogP contribution in [-0.4, -0.2) is 27.1 Å². The lowest BCUT2D eigenvalue weighted by molar-refractivity contribution is -0.306. The fourth-order valence-corrected chi connectivity index (χ4v) is 4.01. The summed E-state index contributed by atoms with van der Waals surface area (Å²) in [4.78, 5) is 10.2. The van der Waals surface area contributed by atoms with Gasteiger partial charge in [0, 0.05) is 12.5 Å². The molecule has 0 unspecified atom stereocenters. The molecule has 0 saturated carbocycles. The lowest BCUT2D eigenvalue weighted by Crippen LogP contribution is -2.37. The molecular weight excluding hydrogens is 355 g/mol. The zero-order valence-corrected chi connectivity index (χ0v) is 12.7. The van der Waals surface area contributed by atoms with E-state index in [0.717, 1.165) is 0 Å². The van der Waals surface area contributed by atoms with Crippen molar-refractivity contribution in [1.82, 2.24) is 4.72 Å². The molecule has 0 bridgehead atoms. The van der Waals surface area contributed by atoms with Gasteiger partial charge in [0.25, 0.3) is 0 Å². The molecule has 0 aliphatic carbocycles. The van der Waals surface area contributed by atoms with Crippen LogP contribution in [0, 0.1) is 5.92 Å². The Hall–Kier alpha value is -0.840. The Kier molecular flexibility index (Phi) is 6.02. The van der Waals surface area contributed by atoms with E-state index in [1.54, 1.807) is 0 Å². The Balaban J connectivity index is 2.74.